The summed E-state index contributed by atoms with van der Waals surface area (Å²) in [6.07, 6.45) is 5.74. The van der Waals surface area contributed by atoms with Crippen LogP contribution in [0.2, 0.25) is 0 Å². The van der Waals surface area contributed by atoms with Crippen LogP contribution >= 0.6 is 11.3 Å². The highest BCUT2D eigenvalue weighted by atomic mass is 32.1. The maximum atomic E-state index is 9.54. The smallest absolute Gasteiger partial charge is 0.0959 e. The van der Waals surface area contributed by atoms with Gasteiger partial charge in [0, 0.05) is 36.1 Å². The molecule has 1 aromatic heterocycles. The van der Waals surface area contributed by atoms with Gasteiger partial charge >= 0.3 is 0 Å². The largest absolute Gasteiger partial charge is 0.392 e. The Morgan fingerprint density at radius 3 is 2.67 bits per heavy atom. The Bertz CT molecular complexity index is 372. The Kier molecular flexibility index (Phi) is 4.76. The van der Waals surface area contributed by atoms with Gasteiger partial charge in [-0.1, -0.05) is 6.42 Å². The molecule has 1 aliphatic carbocycles. The van der Waals surface area contributed by atoms with E-state index in [-0.39, 0.29) is 6.10 Å². The van der Waals surface area contributed by atoms with Crippen molar-refractivity contribution < 1.29 is 5.11 Å². The molecule has 1 heterocycles. The van der Waals surface area contributed by atoms with Gasteiger partial charge in [0.05, 0.1) is 11.1 Å². The molecule has 0 bridgehead atoms. The summed E-state index contributed by atoms with van der Waals surface area (Å²) >= 11 is 1.86. The van der Waals surface area contributed by atoms with Crippen LogP contribution < -0.4 is 0 Å². The molecule has 1 atom stereocenters. The Hall–Kier alpha value is -0.450. The molecule has 0 saturated heterocycles. The van der Waals surface area contributed by atoms with Gasteiger partial charge in [-0.3, -0.25) is 4.90 Å². The van der Waals surface area contributed by atoms with Crippen LogP contribution in [0.5, 0.6) is 0 Å². The monoisotopic (exact) mass is 268 g/mol. The fourth-order valence-electron chi connectivity index (χ4n) is 2.24. The van der Waals surface area contributed by atoms with Gasteiger partial charge in [-0.2, -0.15) is 0 Å². The van der Waals surface area contributed by atoms with Crippen molar-refractivity contribution in [1.29, 1.82) is 0 Å². The van der Waals surface area contributed by atoms with Crippen molar-refractivity contribution in [2.24, 2.45) is 0 Å². The number of nitrogens with zero attached hydrogens (tertiary/aromatic N) is 2. The van der Waals surface area contributed by atoms with Crippen LogP contribution in [0.4, 0.5) is 0 Å². The second-order valence-electron chi connectivity index (χ2n) is 5.66. The molecule has 1 N–H and O–H groups in total. The molecule has 18 heavy (non-hydrogen) atoms. The van der Waals surface area contributed by atoms with E-state index in [9.17, 15) is 5.11 Å². The van der Waals surface area contributed by atoms with Gasteiger partial charge in [-0.25, -0.2) is 4.98 Å². The SMILES string of the molecule is CC(O)CN(Cc1cnc(C2CCC2)s1)C(C)C. The number of aromatic nitrogens is 1. The molecule has 1 aromatic rings. The van der Waals surface area contributed by atoms with Crippen LogP contribution in [-0.4, -0.2) is 33.7 Å². The first kappa shape index (κ1) is 14.0. The van der Waals surface area contributed by atoms with E-state index in [1.807, 2.05) is 24.5 Å². The Balaban J connectivity index is 1.95. The normalized spacial score (nSPS) is 18.3. The summed E-state index contributed by atoms with van der Waals surface area (Å²) in [6.45, 7) is 7.84. The van der Waals surface area contributed by atoms with Crippen LogP contribution in [0, 0.1) is 0 Å². The van der Waals surface area contributed by atoms with E-state index < -0.39 is 0 Å². The van der Waals surface area contributed by atoms with E-state index in [1.54, 1.807) is 0 Å². The van der Waals surface area contributed by atoms with E-state index in [1.165, 1.54) is 29.1 Å². The first-order valence-electron chi connectivity index (χ1n) is 6.93. The minimum atomic E-state index is -0.272. The summed E-state index contributed by atoms with van der Waals surface area (Å²) in [6, 6.07) is 0.453. The van der Waals surface area contributed by atoms with E-state index in [4.69, 9.17) is 0 Å². The number of hydrogen-bond acceptors (Lipinski definition) is 4. The lowest BCUT2D eigenvalue weighted by Crippen LogP contribution is -2.35. The highest BCUT2D eigenvalue weighted by Gasteiger charge is 2.23. The lowest BCUT2D eigenvalue weighted by molar-refractivity contribution is 0.103. The first-order chi connectivity index (χ1) is 8.56. The molecule has 2 rings (SSSR count). The quantitative estimate of drug-likeness (QED) is 0.861. The Morgan fingerprint density at radius 2 is 2.17 bits per heavy atom. The van der Waals surface area contributed by atoms with E-state index in [2.05, 4.69) is 23.7 Å². The third-order valence-electron chi connectivity index (χ3n) is 3.61. The number of rotatable bonds is 6. The van der Waals surface area contributed by atoms with Crippen molar-refractivity contribution in [3.63, 3.8) is 0 Å². The Morgan fingerprint density at radius 1 is 1.44 bits per heavy atom. The highest BCUT2D eigenvalue weighted by molar-refractivity contribution is 7.11. The molecule has 4 heteroatoms. The lowest BCUT2D eigenvalue weighted by Gasteiger charge is -2.27. The van der Waals surface area contributed by atoms with Gasteiger partial charge in [0.1, 0.15) is 0 Å². The summed E-state index contributed by atoms with van der Waals surface area (Å²) in [4.78, 5) is 8.19. The van der Waals surface area contributed by atoms with Crippen LogP contribution in [0.15, 0.2) is 6.20 Å². The molecule has 1 unspecified atom stereocenters. The fourth-order valence-corrected chi connectivity index (χ4v) is 3.35. The summed E-state index contributed by atoms with van der Waals surface area (Å²) < 4.78 is 0. The molecule has 0 amide bonds. The number of hydrogen-bond donors (Lipinski definition) is 1. The zero-order valence-electron chi connectivity index (χ0n) is 11.6. The predicted molar refractivity (Wildman–Crippen MR) is 75.9 cm³/mol. The number of aliphatic hydroxyl groups is 1. The summed E-state index contributed by atoms with van der Waals surface area (Å²) in [5.41, 5.74) is 0. The van der Waals surface area contributed by atoms with Crippen molar-refractivity contribution in [1.82, 2.24) is 9.88 Å². The molecule has 1 fully saturated rings. The predicted octanol–water partition coefficient (Wildman–Crippen LogP) is 3.00. The van der Waals surface area contributed by atoms with E-state index >= 15 is 0 Å². The van der Waals surface area contributed by atoms with Crippen molar-refractivity contribution in [2.45, 2.75) is 64.6 Å². The molecule has 0 spiro atoms. The van der Waals surface area contributed by atoms with Gasteiger partial charge in [-0.15, -0.1) is 11.3 Å². The molecule has 102 valence electrons. The first-order valence-corrected chi connectivity index (χ1v) is 7.74. The standard InChI is InChI=1S/C14H24N2OS/c1-10(2)16(8-11(3)17)9-13-7-15-14(18-13)12-5-4-6-12/h7,10-12,17H,4-6,8-9H2,1-3H3. The minimum Gasteiger partial charge on any atom is -0.392 e. The molecule has 0 aromatic carbocycles. The maximum Gasteiger partial charge on any atom is 0.0959 e. The molecule has 1 saturated carbocycles. The van der Waals surface area contributed by atoms with Gasteiger partial charge in [0.15, 0.2) is 0 Å². The molecule has 3 nitrogen and oxygen atoms in total. The van der Waals surface area contributed by atoms with Crippen LogP contribution in [0.3, 0.4) is 0 Å². The van der Waals surface area contributed by atoms with Crippen LogP contribution in [-0.2, 0) is 6.54 Å². The second-order valence-corrected chi connectivity index (χ2v) is 6.81. The fraction of sp³-hybridized carbons (Fsp3) is 0.786. The summed E-state index contributed by atoms with van der Waals surface area (Å²) in [5, 5.41) is 10.9. The average Bonchev–Trinajstić information content (AvgIpc) is 2.61. The molecule has 0 aliphatic heterocycles. The number of thiazole rings is 1. The topological polar surface area (TPSA) is 36.4 Å². The van der Waals surface area contributed by atoms with Crippen LogP contribution in [0.25, 0.3) is 0 Å². The minimum absolute atomic E-state index is 0.272. The second kappa shape index (κ2) is 6.13. The van der Waals surface area contributed by atoms with Crippen molar-refractivity contribution >= 4 is 11.3 Å². The summed E-state index contributed by atoms with van der Waals surface area (Å²) in [7, 11) is 0. The van der Waals surface area contributed by atoms with Crippen molar-refractivity contribution in [3.05, 3.63) is 16.1 Å². The molecular formula is C14H24N2OS. The third kappa shape index (κ3) is 3.53. The summed E-state index contributed by atoms with van der Waals surface area (Å²) in [5.74, 6) is 0.730. The lowest BCUT2D eigenvalue weighted by atomic mass is 9.86. The Labute approximate surface area is 114 Å². The molecular weight excluding hydrogens is 244 g/mol. The molecule has 0 radical (unpaired) electrons. The number of aliphatic hydroxyl groups excluding tert-OH is 1. The third-order valence-corrected chi connectivity index (χ3v) is 4.76. The zero-order valence-corrected chi connectivity index (χ0v) is 12.4. The van der Waals surface area contributed by atoms with Crippen molar-refractivity contribution in [2.75, 3.05) is 6.54 Å². The van der Waals surface area contributed by atoms with Gasteiger partial charge in [0.2, 0.25) is 0 Å². The zero-order chi connectivity index (χ0) is 13.1. The highest BCUT2D eigenvalue weighted by Crippen LogP contribution is 2.38. The van der Waals surface area contributed by atoms with Gasteiger partial charge < -0.3 is 5.11 Å². The van der Waals surface area contributed by atoms with Crippen LogP contribution in [0.1, 0.15) is 55.8 Å². The molecule has 1 aliphatic rings. The van der Waals surface area contributed by atoms with E-state index in [0.29, 0.717) is 6.04 Å². The maximum absolute atomic E-state index is 9.54. The van der Waals surface area contributed by atoms with Gasteiger partial charge in [0.25, 0.3) is 0 Å². The van der Waals surface area contributed by atoms with Gasteiger partial charge in [-0.05, 0) is 33.6 Å². The van der Waals surface area contributed by atoms with Crippen molar-refractivity contribution in [3.8, 4) is 0 Å². The van der Waals surface area contributed by atoms with E-state index in [0.717, 1.165) is 19.0 Å². The average molecular weight is 268 g/mol.